The number of nitrogens with one attached hydrogen (secondary N) is 8. The van der Waals surface area contributed by atoms with E-state index < -0.39 is 133 Å². The molecule has 16 N–H and O–H groups in total. The van der Waals surface area contributed by atoms with Gasteiger partial charge in [-0.2, -0.15) is 36.7 Å². The number of nitrogens with two attached hydrogens (primary N) is 2. The summed E-state index contributed by atoms with van der Waals surface area (Å²) < 4.78 is 31.7. The van der Waals surface area contributed by atoms with Crippen LogP contribution in [0.3, 0.4) is 0 Å². The maximum Gasteiger partial charge on any atom is 0.490 e. The Morgan fingerprint density at radius 2 is 1.02 bits per heavy atom. The molecule has 4 aromatic rings. The third-order valence-corrected chi connectivity index (χ3v) is 12.9. The average Bonchev–Trinajstić information content (AvgIpc) is 3.83. The number of primary amides is 1. The Hall–Kier alpha value is -8.38. The summed E-state index contributed by atoms with van der Waals surface area (Å²) in [5.74, 6) is -12.2. The van der Waals surface area contributed by atoms with Crippen molar-refractivity contribution in [2.24, 2.45) is 11.5 Å². The van der Waals surface area contributed by atoms with Gasteiger partial charge in [0.25, 0.3) is 0 Å². The molecule has 0 aliphatic rings. The number of para-hydroxylation sites is 1. The third-order valence-electron chi connectivity index (χ3n) is 11.6. The van der Waals surface area contributed by atoms with E-state index in [-0.39, 0.29) is 37.9 Å². The van der Waals surface area contributed by atoms with Gasteiger partial charge in [-0.05, 0) is 71.7 Å². The molecule has 0 saturated carbocycles. The molecule has 0 bridgehead atoms. The number of thioether (sulfide) groups is 2. The second-order valence-electron chi connectivity index (χ2n) is 17.8. The maximum atomic E-state index is 14.3. The lowest BCUT2D eigenvalue weighted by atomic mass is 10.0. The van der Waals surface area contributed by atoms with Crippen molar-refractivity contribution >= 4 is 99.6 Å². The van der Waals surface area contributed by atoms with E-state index in [4.69, 9.17) is 26.5 Å². The Labute approximate surface area is 469 Å². The largest absolute Gasteiger partial charge is 0.508 e. The monoisotopic (exact) mass is 1180 g/mol. The quantitative estimate of drug-likeness (QED) is 0.0311. The van der Waals surface area contributed by atoms with Crippen LogP contribution >= 0.6 is 23.5 Å². The molecule has 25 nitrogen and oxygen atoms in total. The molecule has 30 heteroatoms. The van der Waals surface area contributed by atoms with Gasteiger partial charge in [0.1, 0.15) is 42.0 Å². The smallest absolute Gasteiger partial charge is 0.490 e. The van der Waals surface area contributed by atoms with Crippen LogP contribution in [0.2, 0.25) is 0 Å². The lowest BCUT2D eigenvalue weighted by molar-refractivity contribution is -0.192. The number of hydrogen-bond donors (Lipinski definition) is 14. The number of H-pyrrole nitrogens is 1. The minimum absolute atomic E-state index is 0.0142. The zero-order valence-electron chi connectivity index (χ0n) is 43.6. The number of carboxylic acids is 3. The summed E-state index contributed by atoms with van der Waals surface area (Å²) in [5, 5.41) is 54.1. The van der Waals surface area contributed by atoms with Crippen LogP contribution in [0.15, 0.2) is 85.1 Å². The number of carbonyl (C=O) groups excluding carboxylic acids is 8. The van der Waals surface area contributed by atoms with Gasteiger partial charge in [-0.1, -0.05) is 60.7 Å². The van der Waals surface area contributed by atoms with Crippen molar-refractivity contribution in [1.82, 2.24) is 42.2 Å². The van der Waals surface area contributed by atoms with Crippen molar-refractivity contribution in [1.29, 1.82) is 0 Å². The summed E-state index contributed by atoms with van der Waals surface area (Å²) in [6.45, 7) is -0.710. The molecule has 440 valence electrons. The van der Waals surface area contributed by atoms with E-state index in [2.05, 4.69) is 42.2 Å². The zero-order valence-corrected chi connectivity index (χ0v) is 45.2. The van der Waals surface area contributed by atoms with Crippen molar-refractivity contribution < 1.29 is 86.3 Å². The second kappa shape index (κ2) is 33.3. The Balaban J connectivity index is 0.00000230. The number of hydrogen-bond acceptors (Lipinski definition) is 15. The van der Waals surface area contributed by atoms with E-state index in [1.807, 2.05) is 0 Å². The molecule has 0 aliphatic heterocycles. The van der Waals surface area contributed by atoms with Crippen molar-refractivity contribution in [3.05, 3.63) is 102 Å². The molecule has 0 aliphatic carbocycles. The van der Waals surface area contributed by atoms with Gasteiger partial charge in [0.05, 0.1) is 25.4 Å². The summed E-state index contributed by atoms with van der Waals surface area (Å²) in [6.07, 6.45) is -1.84. The number of phenols is 1. The number of aromatic amines is 1. The van der Waals surface area contributed by atoms with Gasteiger partial charge in [-0.3, -0.25) is 47.9 Å². The third kappa shape index (κ3) is 23.9. The molecule has 8 amide bonds. The maximum absolute atomic E-state index is 14.3. The number of amides is 8. The fraction of sp³-hybridized carbons (Fsp3) is 0.392. The van der Waals surface area contributed by atoms with Crippen LogP contribution in [0.1, 0.15) is 42.4 Å². The standard InChI is InChI=1S/C49H62N10O13S2.C2HF3O2/c1-73-18-16-34(55-47(70)37(21-28-12-14-30(60)15-13-28)58-44(67)32(50)23-41(62)63)45(68)53-26-40(61)54-38(22-29-25-52-33-11-7-6-10-31(29)33)48(71)56-35(17-19-74-2)46(69)59-39(24-42(64)65)49(72)57-36(43(51)66)20-27-8-4-3-5-9-27;3-2(4,5)1(6)7/h3-15,25,32,34-39,52,60H,16-24,26,50H2,1-2H3,(H2,51,66)(H,53,68)(H,54,61)(H,55,70)(H,56,71)(H,57,72)(H,58,67)(H,59,69)(H,62,63)(H,64,65);(H,6,7)/t32-,34-,35-,36-,37-,38-,39-;/m0./s1. The number of carbonyl (C=O) groups is 11. The van der Waals surface area contributed by atoms with Gasteiger partial charge in [-0.25, -0.2) is 4.79 Å². The van der Waals surface area contributed by atoms with Crippen molar-refractivity contribution in [2.75, 3.05) is 30.6 Å². The summed E-state index contributed by atoms with van der Waals surface area (Å²) in [7, 11) is 0. The number of benzene rings is 3. The number of fused-ring (bicyclic) bond motifs is 1. The minimum atomic E-state index is -5.08. The van der Waals surface area contributed by atoms with Crippen molar-refractivity contribution in [3.63, 3.8) is 0 Å². The normalized spacial score (nSPS) is 13.6. The van der Waals surface area contributed by atoms with Gasteiger partial charge in [0.15, 0.2) is 0 Å². The van der Waals surface area contributed by atoms with Crippen LogP contribution in [0.25, 0.3) is 10.9 Å². The van der Waals surface area contributed by atoms with Crippen LogP contribution in [0, 0.1) is 0 Å². The highest BCUT2D eigenvalue weighted by Crippen LogP contribution is 2.20. The van der Waals surface area contributed by atoms with Crippen LogP contribution < -0.4 is 48.7 Å². The van der Waals surface area contributed by atoms with Gasteiger partial charge < -0.3 is 74.1 Å². The molecule has 0 saturated heterocycles. The first-order chi connectivity index (χ1) is 38.2. The molecule has 0 spiro atoms. The molecule has 0 unspecified atom stereocenters. The Bertz CT molecular complexity index is 2830. The molecule has 1 heterocycles. The van der Waals surface area contributed by atoms with Gasteiger partial charge in [0, 0.05) is 36.4 Å². The van der Waals surface area contributed by atoms with E-state index in [1.54, 1.807) is 73.3 Å². The predicted molar refractivity (Wildman–Crippen MR) is 290 cm³/mol. The molecule has 0 radical (unpaired) electrons. The van der Waals surface area contributed by atoms with Crippen LogP contribution in [-0.2, 0) is 72.0 Å². The number of aromatic nitrogens is 1. The van der Waals surface area contributed by atoms with Gasteiger partial charge in [0.2, 0.25) is 47.3 Å². The summed E-state index contributed by atoms with van der Waals surface area (Å²) >= 11 is 2.68. The highest BCUT2D eigenvalue weighted by molar-refractivity contribution is 7.98. The fourth-order valence-electron chi connectivity index (χ4n) is 7.46. The molecule has 1 aromatic heterocycles. The molecule has 7 atom stereocenters. The average molecular weight is 1180 g/mol. The van der Waals surface area contributed by atoms with E-state index in [0.717, 1.165) is 0 Å². The fourth-order valence-corrected chi connectivity index (χ4v) is 8.40. The Morgan fingerprint density at radius 3 is 1.57 bits per heavy atom. The van der Waals surface area contributed by atoms with E-state index in [0.29, 0.717) is 39.1 Å². The van der Waals surface area contributed by atoms with Crippen LogP contribution in [0.5, 0.6) is 5.75 Å². The zero-order chi connectivity index (χ0) is 60.4. The molecule has 3 aromatic carbocycles. The van der Waals surface area contributed by atoms with Crippen molar-refractivity contribution in [3.8, 4) is 5.75 Å². The number of phenolic OH excluding ortho intramolecular Hbond substituents is 1. The minimum Gasteiger partial charge on any atom is -0.508 e. The summed E-state index contributed by atoms with van der Waals surface area (Å²) in [5.41, 5.74) is 13.8. The highest BCUT2D eigenvalue weighted by Gasteiger charge is 2.38. The number of aliphatic carboxylic acids is 3. The van der Waals surface area contributed by atoms with Crippen LogP contribution in [-0.4, -0.2) is 170 Å². The SMILES string of the molecule is CSCC[C@H](NC(=O)[C@H](Cc1ccc(O)cc1)NC(=O)[C@@H](N)CC(=O)O)C(=O)NCC(=O)N[C@@H](Cc1c[nH]c2ccccc12)C(=O)N[C@@H](CCSC)C(=O)N[C@@H](CC(=O)O)C(=O)N[C@@H](Cc1ccccc1)C(N)=O.O=C(O)C(F)(F)F. The predicted octanol–water partition coefficient (Wildman–Crippen LogP) is -0.172. The lowest BCUT2D eigenvalue weighted by Crippen LogP contribution is -2.59. The lowest BCUT2D eigenvalue weighted by Gasteiger charge is -2.26. The topological polar surface area (TPSA) is 421 Å². The Morgan fingerprint density at radius 1 is 0.568 bits per heavy atom. The highest BCUT2D eigenvalue weighted by atomic mass is 32.2. The molecule has 0 fully saturated rings. The first kappa shape index (κ1) is 66.9. The van der Waals surface area contributed by atoms with Gasteiger partial charge >= 0.3 is 24.1 Å². The van der Waals surface area contributed by atoms with Crippen molar-refractivity contribution in [2.45, 2.75) is 93.4 Å². The van der Waals surface area contributed by atoms with E-state index in [9.17, 15) is 71.3 Å². The number of halogens is 3. The van der Waals surface area contributed by atoms with E-state index in [1.165, 1.54) is 47.8 Å². The number of rotatable bonds is 31. The number of alkyl halides is 3. The Kier molecular flexibility index (Phi) is 27.5. The number of aromatic hydroxyl groups is 1. The second-order valence-corrected chi connectivity index (χ2v) is 19.8. The van der Waals surface area contributed by atoms with Crippen LogP contribution in [0.4, 0.5) is 13.2 Å². The molecule has 81 heavy (non-hydrogen) atoms. The molecular formula is C51H63F3N10O15S2. The number of carboxylic acid groups (broad SMARTS) is 3. The first-order valence-electron chi connectivity index (χ1n) is 24.4. The molecule has 4 rings (SSSR count). The summed E-state index contributed by atoms with van der Waals surface area (Å²) in [6, 6.07) is 11.5. The van der Waals surface area contributed by atoms with E-state index >= 15 is 0 Å². The molecular weight excluding hydrogens is 1110 g/mol. The summed E-state index contributed by atoms with van der Waals surface area (Å²) in [4.78, 5) is 144. The van der Waals surface area contributed by atoms with Gasteiger partial charge in [-0.15, -0.1) is 0 Å². The first-order valence-corrected chi connectivity index (χ1v) is 27.2.